The largest absolute Gasteiger partial charge is 0.377 e. The summed E-state index contributed by atoms with van der Waals surface area (Å²) in [6.45, 7) is 6.94. The van der Waals surface area contributed by atoms with E-state index >= 15 is 0 Å². The average molecular weight is 461 g/mol. The molecule has 8 nitrogen and oxygen atoms in total. The molecule has 2 saturated carbocycles. The lowest BCUT2D eigenvalue weighted by atomic mass is 9.94. The van der Waals surface area contributed by atoms with Gasteiger partial charge in [-0.25, -0.2) is 0 Å². The third-order valence-electron chi connectivity index (χ3n) is 6.27. The van der Waals surface area contributed by atoms with Gasteiger partial charge in [0.1, 0.15) is 0 Å². The third kappa shape index (κ3) is 10.7. The summed E-state index contributed by atoms with van der Waals surface area (Å²) in [6.07, 6.45) is 9.58. The Bertz CT molecular complexity index is 372. The monoisotopic (exact) mass is 460 g/mol. The van der Waals surface area contributed by atoms with Crippen LogP contribution in [0.4, 0.5) is 0 Å². The van der Waals surface area contributed by atoms with Gasteiger partial charge in [-0.2, -0.15) is 0 Å². The summed E-state index contributed by atoms with van der Waals surface area (Å²) in [5.41, 5.74) is 0. The summed E-state index contributed by atoms with van der Waals surface area (Å²) < 4.78 is 46.8. The van der Waals surface area contributed by atoms with Crippen molar-refractivity contribution in [2.24, 2.45) is 0 Å². The Morgan fingerprint density at radius 3 is 0.750 bits per heavy atom. The number of rotatable bonds is 0. The minimum Gasteiger partial charge on any atom is -0.377 e. The Balaban J connectivity index is 1.36. The first-order chi connectivity index (χ1) is 15.9. The highest BCUT2D eigenvalue weighted by Crippen LogP contribution is 2.24. The fourth-order valence-electron chi connectivity index (χ4n) is 4.57. The van der Waals surface area contributed by atoms with E-state index in [9.17, 15) is 0 Å². The lowest BCUT2D eigenvalue weighted by molar-refractivity contribution is -0.119. The van der Waals surface area contributed by atoms with Gasteiger partial charge in [-0.15, -0.1) is 0 Å². The van der Waals surface area contributed by atoms with E-state index in [1.165, 1.54) is 25.7 Å². The Morgan fingerprint density at radius 1 is 0.281 bits per heavy atom. The van der Waals surface area contributed by atoms with E-state index in [-0.39, 0.29) is 24.4 Å². The van der Waals surface area contributed by atoms with Gasteiger partial charge in [0.05, 0.1) is 104 Å². The van der Waals surface area contributed by atoms with Crippen molar-refractivity contribution in [2.75, 3.05) is 79.3 Å². The normalized spacial score (nSPS) is 34.5. The van der Waals surface area contributed by atoms with Gasteiger partial charge < -0.3 is 37.9 Å². The van der Waals surface area contributed by atoms with Crippen LogP contribution in [0, 0.1) is 0 Å². The van der Waals surface area contributed by atoms with E-state index in [2.05, 4.69) is 0 Å². The second kappa shape index (κ2) is 17.2. The molecule has 0 bridgehead atoms. The maximum atomic E-state index is 6.05. The average Bonchev–Trinajstić information content (AvgIpc) is 2.82. The van der Waals surface area contributed by atoms with Crippen LogP contribution in [-0.4, -0.2) is 104 Å². The first kappa shape index (κ1) is 26.3. The summed E-state index contributed by atoms with van der Waals surface area (Å²) in [7, 11) is 0. The van der Waals surface area contributed by atoms with Gasteiger partial charge in [0.15, 0.2) is 0 Å². The van der Waals surface area contributed by atoms with Crippen LogP contribution < -0.4 is 0 Å². The fourth-order valence-corrected chi connectivity index (χ4v) is 4.57. The second-order valence-electron chi connectivity index (χ2n) is 8.66. The Labute approximate surface area is 193 Å². The molecule has 188 valence electrons. The quantitative estimate of drug-likeness (QED) is 0.546. The summed E-state index contributed by atoms with van der Waals surface area (Å²) in [5, 5.41) is 0. The summed E-state index contributed by atoms with van der Waals surface area (Å²) in [6, 6.07) is 0. The molecule has 0 aromatic carbocycles. The molecule has 1 heterocycles. The van der Waals surface area contributed by atoms with Gasteiger partial charge in [0.2, 0.25) is 0 Å². The predicted molar refractivity (Wildman–Crippen MR) is 119 cm³/mol. The molecule has 3 aliphatic rings. The Hall–Kier alpha value is -0.320. The Kier molecular flexibility index (Phi) is 14.1. The summed E-state index contributed by atoms with van der Waals surface area (Å²) in [4.78, 5) is 0. The topological polar surface area (TPSA) is 73.8 Å². The molecule has 0 spiro atoms. The SMILES string of the molecule is C1CC[C@H]2OCCOCCOCCO[C@H]3CCCC[C@H]3OCCOCCOCCO[C@H]2C1. The molecular formula is C24H44O8. The molecule has 0 amide bonds. The van der Waals surface area contributed by atoms with Gasteiger partial charge in [-0.05, 0) is 25.7 Å². The van der Waals surface area contributed by atoms with Crippen LogP contribution in [0.2, 0.25) is 0 Å². The van der Waals surface area contributed by atoms with Crippen LogP contribution in [0.5, 0.6) is 0 Å². The Morgan fingerprint density at radius 2 is 0.500 bits per heavy atom. The van der Waals surface area contributed by atoms with Crippen molar-refractivity contribution in [3.05, 3.63) is 0 Å². The van der Waals surface area contributed by atoms with Crippen LogP contribution in [0.15, 0.2) is 0 Å². The molecule has 0 aromatic rings. The lowest BCUT2D eigenvalue weighted by Gasteiger charge is -2.31. The van der Waals surface area contributed by atoms with Crippen molar-refractivity contribution in [1.29, 1.82) is 0 Å². The van der Waals surface area contributed by atoms with E-state index in [1.807, 2.05) is 0 Å². The van der Waals surface area contributed by atoms with Gasteiger partial charge in [-0.3, -0.25) is 0 Å². The lowest BCUT2D eigenvalue weighted by Crippen LogP contribution is -2.36. The van der Waals surface area contributed by atoms with Gasteiger partial charge >= 0.3 is 0 Å². The van der Waals surface area contributed by atoms with E-state index in [0.29, 0.717) is 79.3 Å². The molecule has 1 aliphatic heterocycles. The maximum Gasteiger partial charge on any atom is 0.0837 e. The molecule has 0 aromatic heterocycles. The van der Waals surface area contributed by atoms with E-state index in [4.69, 9.17) is 37.9 Å². The summed E-state index contributed by atoms with van der Waals surface area (Å²) in [5.74, 6) is 0. The maximum absolute atomic E-state index is 6.05. The highest BCUT2D eigenvalue weighted by atomic mass is 16.6. The number of hydrogen-bond donors (Lipinski definition) is 0. The molecule has 3 fully saturated rings. The second-order valence-corrected chi connectivity index (χ2v) is 8.66. The van der Waals surface area contributed by atoms with Crippen LogP contribution in [-0.2, 0) is 37.9 Å². The predicted octanol–water partition coefficient (Wildman–Crippen LogP) is 2.76. The van der Waals surface area contributed by atoms with Crippen LogP contribution in [0.3, 0.4) is 0 Å². The molecule has 4 atom stereocenters. The molecular weight excluding hydrogens is 416 g/mol. The third-order valence-corrected chi connectivity index (χ3v) is 6.27. The van der Waals surface area contributed by atoms with Crippen molar-refractivity contribution in [2.45, 2.75) is 75.8 Å². The molecule has 0 N–H and O–H groups in total. The zero-order chi connectivity index (χ0) is 22.1. The number of hydrogen-bond acceptors (Lipinski definition) is 8. The van der Waals surface area contributed by atoms with Crippen molar-refractivity contribution in [1.82, 2.24) is 0 Å². The standard InChI is InChI=1S/C24H44O8/c1-2-6-22-21(5-1)29-17-13-25-9-10-27-15-19-31-23-7-3-4-8-24(23)32-20-16-28-12-11-26-14-18-30-22/h21-24H,1-20H2/t21-,22+,23+,24-. The van der Waals surface area contributed by atoms with Gasteiger partial charge in [0.25, 0.3) is 0 Å². The van der Waals surface area contributed by atoms with E-state index in [0.717, 1.165) is 25.7 Å². The van der Waals surface area contributed by atoms with Crippen molar-refractivity contribution in [3.63, 3.8) is 0 Å². The van der Waals surface area contributed by atoms with Crippen LogP contribution >= 0.6 is 0 Å². The highest BCUT2D eigenvalue weighted by Gasteiger charge is 2.27. The van der Waals surface area contributed by atoms with Gasteiger partial charge in [-0.1, -0.05) is 25.7 Å². The molecule has 3 rings (SSSR count). The fraction of sp³-hybridized carbons (Fsp3) is 1.00. The van der Waals surface area contributed by atoms with Gasteiger partial charge in [0, 0.05) is 0 Å². The minimum absolute atomic E-state index is 0.151. The molecule has 2 aliphatic carbocycles. The molecule has 1 saturated heterocycles. The highest BCUT2D eigenvalue weighted by molar-refractivity contribution is 4.77. The van der Waals surface area contributed by atoms with E-state index in [1.54, 1.807) is 0 Å². The first-order valence-electron chi connectivity index (χ1n) is 12.7. The van der Waals surface area contributed by atoms with E-state index < -0.39 is 0 Å². The van der Waals surface area contributed by atoms with Crippen molar-refractivity contribution >= 4 is 0 Å². The van der Waals surface area contributed by atoms with Crippen LogP contribution in [0.25, 0.3) is 0 Å². The minimum atomic E-state index is 0.151. The number of ether oxygens (including phenoxy) is 8. The first-order valence-corrected chi connectivity index (χ1v) is 12.7. The molecule has 0 unspecified atom stereocenters. The zero-order valence-electron chi connectivity index (χ0n) is 19.7. The summed E-state index contributed by atoms with van der Waals surface area (Å²) >= 11 is 0. The molecule has 0 radical (unpaired) electrons. The molecule has 8 heteroatoms. The van der Waals surface area contributed by atoms with Crippen molar-refractivity contribution in [3.8, 4) is 0 Å². The van der Waals surface area contributed by atoms with Crippen molar-refractivity contribution < 1.29 is 37.9 Å². The smallest absolute Gasteiger partial charge is 0.0837 e. The van der Waals surface area contributed by atoms with Crippen LogP contribution in [0.1, 0.15) is 51.4 Å². The zero-order valence-corrected chi connectivity index (χ0v) is 19.7. The number of fused-ring (bicyclic) bond motifs is 2. The molecule has 32 heavy (non-hydrogen) atoms.